The highest BCUT2D eigenvalue weighted by atomic mass is 19.4. The maximum absolute atomic E-state index is 13.1. The number of carbonyl (C=O) groups is 1. The number of aliphatic carboxylic acids is 1. The third kappa shape index (κ3) is 2.91. The van der Waals surface area contributed by atoms with Crippen LogP contribution in [0, 0.1) is 5.82 Å². The van der Waals surface area contributed by atoms with Gasteiger partial charge in [-0.25, -0.2) is 9.18 Å². The van der Waals surface area contributed by atoms with E-state index in [-0.39, 0.29) is 16.8 Å². The number of carboxylic acid groups (broad SMARTS) is 1. The van der Waals surface area contributed by atoms with Crippen molar-refractivity contribution in [3.63, 3.8) is 0 Å². The summed E-state index contributed by atoms with van der Waals surface area (Å²) in [4.78, 5) is 11.3. The fourth-order valence-electron chi connectivity index (χ4n) is 2.27. The van der Waals surface area contributed by atoms with E-state index in [0.717, 1.165) is 12.1 Å². The monoisotopic (exact) mass is 301 g/mol. The molecular weight excluding hydrogens is 290 g/mol. The largest absolute Gasteiger partial charge is 0.478 e. The number of benzene rings is 1. The fourth-order valence-corrected chi connectivity index (χ4v) is 2.27. The summed E-state index contributed by atoms with van der Waals surface area (Å²) in [6.07, 6.45) is -2.09. The van der Waals surface area contributed by atoms with Crippen LogP contribution in [0.5, 0.6) is 0 Å². The van der Waals surface area contributed by atoms with Crippen LogP contribution in [0.4, 0.5) is 17.6 Å². The first kappa shape index (κ1) is 15.1. The number of halogens is 4. The van der Waals surface area contributed by atoms with Crippen molar-refractivity contribution in [3.8, 4) is 0 Å². The predicted octanol–water partition coefficient (Wildman–Crippen LogP) is 3.40. The highest BCUT2D eigenvalue weighted by Gasteiger charge is 2.37. The Morgan fingerprint density at radius 2 is 2.00 bits per heavy atom. The molecule has 21 heavy (non-hydrogen) atoms. The van der Waals surface area contributed by atoms with E-state index in [1.807, 2.05) is 0 Å². The molecule has 1 aliphatic heterocycles. The molecule has 0 saturated carbocycles. The van der Waals surface area contributed by atoms with Crippen LogP contribution in [0.15, 0.2) is 41.7 Å². The number of allylic oxidation sites excluding steroid dienone is 2. The highest BCUT2D eigenvalue weighted by molar-refractivity contribution is 5.90. The molecule has 0 radical (unpaired) electrons. The third-order valence-corrected chi connectivity index (χ3v) is 3.19. The summed E-state index contributed by atoms with van der Waals surface area (Å²) in [6, 6.07) is 2.23. The van der Waals surface area contributed by atoms with Crippen LogP contribution in [0.3, 0.4) is 0 Å². The zero-order valence-electron chi connectivity index (χ0n) is 10.8. The summed E-state index contributed by atoms with van der Waals surface area (Å²) >= 11 is 0. The van der Waals surface area contributed by atoms with Crippen molar-refractivity contribution in [2.75, 3.05) is 0 Å². The number of hydrogen-bond acceptors (Lipinski definition) is 2. The van der Waals surface area contributed by atoms with Crippen molar-refractivity contribution < 1.29 is 27.5 Å². The molecule has 1 aromatic rings. The van der Waals surface area contributed by atoms with Crippen LogP contribution in [0.2, 0.25) is 0 Å². The van der Waals surface area contributed by atoms with Crippen LogP contribution in [0.1, 0.15) is 24.0 Å². The van der Waals surface area contributed by atoms with Crippen molar-refractivity contribution in [2.45, 2.75) is 19.0 Å². The molecule has 1 aromatic carbocycles. The van der Waals surface area contributed by atoms with Crippen LogP contribution in [-0.4, -0.2) is 11.1 Å². The second-order valence-corrected chi connectivity index (χ2v) is 4.55. The lowest BCUT2D eigenvalue weighted by atomic mass is 9.85. The Bertz CT molecular complexity index is 647. The maximum Gasteiger partial charge on any atom is 0.416 e. The van der Waals surface area contributed by atoms with Gasteiger partial charge in [0.25, 0.3) is 0 Å². The van der Waals surface area contributed by atoms with E-state index < -0.39 is 29.4 Å². The summed E-state index contributed by atoms with van der Waals surface area (Å²) in [5, 5.41) is 11.8. The molecule has 3 nitrogen and oxygen atoms in total. The van der Waals surface area contributed by atoms with Crippen molar-refractivity contribution in [1.29, 1.82) is 0 Å². The van der Waals surface area contributed by atoms with Gasteiger partial charge in [0, 0.05) is 11.6 Å². The second kappa shape index (κ2) is 5.23. The lowest BCUT2D eigenvalue weighted by Crippen LogP contribution is -2.23. The van der Waals surface area contributed by atoms with Crippen molar-refractivity contribution in [2.24, 2.45) is 0 Å². The number of alkyl halides is 3. The highest BCUT2D eigenvalue weighted by Crippen LogP contribution is 2.39. The van der Waals surface area contributed by atoms with Crippen molar-refractivity contribution in [3.05, 3.63) is 58.7 Å². The maximum atomic E-state index is 13.1. The van der Waals surface area contributed by atoms with E-state index in [1.165, 1.54) is 19.2 Å². The Morgan fingerprint density at radius 3 is 2.57 bits per heavy atom. The van der Waals surface area contributed by atoms with E-state index in [2.05, 4.69) is 5.32 Å². The molecule has 7 heteroatoms. The third-order valence-electron chi connectivity index (χ3n) is 3.19. The van der Waals surface area contributed by atoms with E-state index in [9.17, 15) is 27.5 Å². The first-order valence-corrected chi connectivity index (χ1v) is 5.95. The molecule has 0 spiro atoms. The van der Waals surface area contributed by atoms with Crippen LogP contribution < -0.4 is 5.32 Å². The van der Waals surface area contributed by atoms with Gasteiger partial charge in [-0.2, -0.15) is 13.2 Å². The number of carboxylic acids is 1. The predicted molar refractivity (Wildman–Crippen MR) is 66.8 cm³/mol. The molecule has 1 atom stereocenters. The Balaban J connectivity index is 2.63. The molecule has 2 N–H and O–H groups in total. The van der Waals surface area contributed by atoms with Gasteiger partial charge in [-0.15, -0.1) is 0 Å². The van der Waals surface area contributed by atoms with Crippen LogP contribution in [0.25, 0.3) is 0 Å². The van der Waals surface area contributed by atoms with E-state index >= 15 is 0 Å². The Morgan fingerprint density at radius 1 is 1.33 bits per heavy atom. The first-order valence-electron chi connectivity index (χ1n) is 5.95. The quantitative estimate of drug-likeness (QED) is 0.823. The summed E-state index contributed by atoms with van der Waals surface area (Å²) in [6.45, 7) is 1.46. The molecule has 0 fully saturated rings. The minimum absolute atomic E-state index is 0.199. The van der Waals surface area contributed by atoms with Crippen LogP contribution in [-0.2, 0) is 11.0 Å². The Kier molecular flexibility index (Phi) is 3.76. The fraction of sp³-hybridized carbons (Fsp3) is 0.214. The lowest BCUT2D eigenvalue weighted by Gasteiger charge is -2.24. The lowest BCUT2D eigenvalue weighted by molar-refractivity contribution is -0.139. The summed E-state index contributed by atoms with van der Waals surface area (Å²) in [5.74, 6) is -3.45. The van der Waals surface area contributed by atoms with Crippen LogP contribution >= 0.6 is 0 Å². The average molecular weight is 301 g/mol. The topological polar surface area (TPSA) is 49.3 Å². The Hall–Kier alpha value is -2.31. The zero-order chi connectivity index (χ0) is 15.8. The SMILES string of the molecule is CC1=C(C(=O)O)C(c2ccc(F)cc2C(F)(F)F)C=CN1. The van der Waals surface area contributed by atoms with Gasteiger partial charge in [0.15, 0.2) is 0 Å². The minimum atomic E-state index is -4.77. The molecule has 0 amide bonds. The summed E-state index contributed by atoms with van der Waals surface area (Å²) < 4.78 is 52.2. The molecular formula is C14H11F4NO2. The molecule has 1 heterocycles. The molecule has 0 aromatic heterocycles. The molecule has 0 saturated heterocycles. The van der Waals surface area contributed by atoms with Gasteiger partial charge < -0.3 is 10.4 Å². The summed E-state index contributed by atoms with van der Waals surface area (Å²) in [5.41, 5.74) is -1.42. The smallest absolute Gasteiger partial charge is 0.416 e. The molecule has 1 aliphatic rings. The van der Waals surface area contributed by atoms with Gasteiger partial charge in [0.1, 0.15) is 5.82 Å². The first-order chi connectivity index (χ1) is 9.71. The average Bonchev–Trinajstić information content (AvgIpc) is 2.36. The summed E-state index contributed by atoms with van der Waals surface area (Å²) in [7, 11) is 0. The Labute approximate surface area is 117 Å². The molecule has 112 valence electrons. The molecule has 0 aliphatic carbocycles. The number of rotatable bonds is 2. The van der Waals surface area contributed by atoms with Gasteiger partial charge in [-0.1, -0.05) is 12.1 Å². The van der Waals surface area contributed by atoms with E-state index in [4.69, 9.17) is 0 Å². The zero-order valence-corrected chi connectivity index (χ0v) is 10.8. The second-order valence-electron chi connectivity index (χ2n) is 4.55. The number of hydrogen-bond donors (Lipinski definition) is 2. The van der Waals surface area contributed by atoms with Crippen molar-refractivity contribution >= 4 is 5.97 Å². The van der Waals surface area contributed by atoms with Gasteiger partial charge >= 0.3 is 12.1 Å². The standard InChI is InChI=1S/C14H11F4NO2/c1-7-12(13(20)21)10(4-5-19-7)9-3-2-8(15)6-11(9)14(16,17)18/h2-6,10,19H,1H3,(H,20,21). The van der Waals surface area contributed by atoms with Gasteiger partial charge in [-0.3, -0.25) is 0 Å². The number of nitrogens with one attached hydrogen (secondary N) is 1. The van der Waals surface area contributed by atoms with Gasteiger partial charge in [0.05, 0.1) is 11.1 Å². The normalized spacial score (nSPS) is 18.6. The molecule has 0 bridgehead atoms. The molecule has 2 rings (SSSR count). The number of dihydropyridines is 1. The minimum Gasteiger partial charge on any atom is -0.478 e. The van der Waals surface area contributed by atoms with Gasteiger partial charge in [0.2, 0.25) is 0 Å². The molecule has 1 unspecified atom stereocenters. The van der Waals surface area contributed by atoms with Crippen molar-refractivity contribution in [1.82, 2.24) is 5.32 Å². The van der Waals surface area contributed by atoms with E-state index in [1.54, 1.807) is 0 Å². The van der Waals surface area contributed by atoms with E-state index in [0.29, 0.717) is 6.07 Å². The van der Waals surface area contributed by atoms with Gasteiger partial charge in [-0.05, 0) is 30.8 Å².